The van der Waals surface area contributed by atoms with Gasteiger partial charge in [-0.1, -0.05) is 39.1 Å². The molecule has 2 rings (SSSR count). The molecule has 0 bridgehead atoms. The standard InChI is InChI=1S/C18H13BrCl2O4/c1-10(18(23)24)25-15-9-5-12(16(20)17(15)21)4-8-14(22)11-2-6-13(19)7-3-11/h2-10H,1H3,(H,23,24). The van der Waals surface area contributed by atoms with Crippen molar-refractivity contribution in [2.45, 2.75) is 13.0 Å². The fourth-order valence-electron chi connectivity index (χ4n) is 1.88. The second-order valence-corrected chi connectivity index (χ2v) is 6.76. The molecular formula is C18H13BrCl2O4. The SMILES string of the molecule is CC(Oc1ccc(C=CC(=O)c2ccc(Br)cc2)c(Cl)c1Cl)C(=O)O. The summed E-state index contributed by atoms with van der Waals surface area (Å²) in [5, 5.41) is 9.14. The van der Waals surface area contributed by atoms with E-state index in [0.29, 0.717) is 11.1 Å². The lowest BCUT2D eigenvalue weighted by molar-refractivity contribution is -0.144. The third kappa shape index (κ3) is 5.08. The number of ether oxygens (including phenoxy) is 1. The molecule has 0 aliphatic carbocycles. The van der Waals surface area contributed by atoms with Crippen LogP contribution in [0.15, 0.2) is 46.9 Å². The molecule has 0 aliphatic rings. The first-order valence-electron chi connectivity index (χ1n) is 7.15. The Morgan fingerprint density at radius 2 is 1.76 bits per heavy atom. The number of benzene rings is 2. The van der Waals surface area contributed by atoms with Gasteiger partial charge in [0.05, 0.1) is 5.02 Å². The van der Waals surface area contributed by atoms with E-state index in [9.17, 15) is 9.59 Å². The third-order valence-electron chi connectivity index (χ3n) is 3.27. The summed E-state index contributed by atoms with van der Waals surface area (Å²) in [5.41, 5.74) is 1.06. The number of allylic oxidation sites excluding steroid dienone is 1. The first-order chi connectivity index (χ1) is 11.8. The first-order valence-corrected chi connectivity index (χ1v) is 8.70. The van der Waals surface area contributed by atoms with Crippen molar-refractivity contribution in [3.63, 3.8) is 0 Å². The summed E-state index contributed by atoms with van der Waals surface area (Å²) in [6.45, 7) is 1.39. The summed E-state index contributed by atoms with van der Waals surface area (Å²) in [7, 11) is 0. The van der Waals surface area contributed by atoms with Crippen molar-refractivity contribution in [3.05, 3.63) is 68.1 Å². The van der Waals surface area contributed by atoms with Crippen LogP contribution in [-0.2, 0) is 4.79 Å². The largest absolute Gasteiger partial charge is 0.479 e. The molecule has 4 nitrogen and oxygen atoms in total. The Hall–Kier alpha value is -1.82. The van der Waals surface area contributed by atoms with E-state index in [0.717, 1.165) is 4.47 Å². The van der Waals surface area contributed by atoms with Crippen LogP contribution in [-0.4, -0.2) is 23.0 Å². The number of carboxylic acid groups (broad SMARTS) is 1. The topological polar surface area (TPSA) is 63.6 Å². The fourth-order valence-corrected chi connectivity index (χ4v) is 2.58. The highest BCUT2D eigenvalue weighted by Gasteiger charge is 2.17. The summed E-state index contributed by atoms with van der Waals surface area (Å²) in [6.07, 6.45) is 1.87. The summed E-state index contributed by atoms with van der Waals surface area (Å²) in [5.74, 6) is -1.13. The van der Waals surface area contributed by atoms with Gasteiger partial charge in [-0.2, -0.15) is 0 Å². The predicted molar refractivity (Wildman–Crippen MR) is 102 cm³/mol. The molecule has 130 valence electrons. The lowest BCUT2D eigenvalue weighted by Crippen LogP contribution is -2.23. The van der Waals surface area contributed by atoms with Gasteiger partial charge in [-0.15, -0.1) is 0 Å². The molecule has 2 aromatic carbocycles. The number of ketones is 1. The van der Waals surface area contributed by atoms with E-state index in [-0.39, 0.29) is 21.6 Å². The van der Waals surface area contributed by atoms with Crippen LogP contribution in [0.1, 0.15) is 22.8 Å². The highest BCUT2D eigenvalue weighted by molar-refractivity contribution is 9.10. The van der Waals surface area contributed by atoms with Gasteiger partial charge in [-0.25, -0.2) is 4.79 Å². The smallest absolute Gasteiger partial charge is 0.344 e. The molecule has 0 heterocycles. The van der Waals surface area contributed by atoms with Crippen molar-refractivity contribution in [1.29, 1.82) is 0 Å². The maximum atomic E-state index is 12.1. The van der Waals surface area contributed by atoms with Crippen LogP contribution in [0.2, 0.25) is 10.0 Å². The molecule has 7 heteroatoms. The van der Waals surface area contributed by atoms with E-state index in [1.54, 1.807) is 36.4 Å². The van der Waals surface area contributed by atoms with Crippen LogP contribution in [0, 0.1) is 0 Å². The van der Waals surface area contributed by atoms with Gasteiger partial charge in [0.15, 0.2) is 11.9 Å². The maximum Gasteiger partial charge on any atom is 0.344 e. The molecule has 0 saturated heterocycles. The molecular weight excluding hydrogens is 431 g/mol. The van der Waals surface area contributed by atoms with Gasteiger partial charge in [0.2, 0.25) is 0 Å². The number of hydrogen-bond donors (Lipinski definition) is 1. The van der Waals surface area contributed by atoms with Gasteiger partial charge in [-0.05, 0) is 61.0 Å². The van der Waals surface area contributed by atoms with E-state index >= 15 is 0 Å². The average molecular weight is 444 g/mol. The average Bonchev–Trinajstić information content (AvgIpc) is 2.58. The van der Waals surface area contributed by atoms with Gasteiger partial charge in [0, 0.05) is 10.0 Å². The molecule has 0 amide bonds. The molecule has 0 saturated carbocycles. The van der Waals surface area contributed by atoms with E-state index in [1.807, 2.05) is 0 Å². The minimum absolute atomic E-state index is 0.0907. The number of aliphatic carboxylic acids is 1. The second-order valence-electron chi connectivity index (χ2n) is 5.08. The lowest BCUT2D eigenvalue weighted by Gasteiger charge is -2.13. The molecule has 2 aromatic rings. The van der Waals surface area contributed by atoms with E-state index in [4.69, 9.17) is 33.0 Å². The second kappa shape index (κ2) is 8.52. The van der Waals surface area contributed by atoms with Crippen molar-refractivity contribution in [3.8, 4) is 5.75 Å². The molecule has 0 radical (unpaired) electrons. The Morgan fingerprint density at radius 1 is 1.12 bits per heavy atom. The molecule has 0 spiro atoms. The van der Waals surface area contributed by atoms with Gasteiger partial charge in [0.1, 0.15) is 10.8 Å². The summed E-state index contributed by atoms with van der Waals surface area (Å²) in [4.78, 5) is 23.0. The Bertz CT molecular complexity index is 832. The van der Waals surface area contributed by atoms with Crippen molar-refractivity contribution in [2.24, 2.45) is 0 Å². The summed E-state index contributed by atoms with van der Waals surface area (Å²) in [6, 6.07) is 10.1. The fraction of sp³-hybridized carbons (Fsp3) is 0.111. The number of halogens is 3. The Kier molecular flexibility index (Phi) is 6.64. The highest BCUT2D eigenvalue weighted by Crippen LogP contribution is 2.35. The van der Waals surface area contributed by atoms with Crippen molar-refractivity contribution >= 4 is 57.0 Å². The molecule has 0 aromatic heterocycles. The van der Waals surface area contributed by atoms with Crippen molar-refractivity contribution in [1.82, 2.24) is 0 Å². The number of hydrogen-bond acceptors (Lipinski definition) is 3. The monoisotopic (exact) mass is 442 g/mol. The van der Waals surface area contributed by atoms with Gasteiger partial charge in [-0.3, -0.25) is 4.79 Å². The number of carboxylic acids is 1. The summed E-state index contributed by atoms with van der Waals surface area (Å²) >= 11 is 15.6. The maximum absolute atomic E-state index is 12.1. The van der Waals surface area contributed by atoms with Crippen LogP contribution in [0.25, 0.3) is 6.08 Å². The van der Waals surface area contributed by atoms with E-state index in [2.05, 4.69) is 15.9 Å². The van der Waals surface area contributed by atoms with E-state index in [1.165, 1.54) is 19.1 Å². The quantitative estimate of drug-likeness (QED) is 0.472. The Morgan fingerprint density at radius 3 is 2.36 bits per heavy atom. The molecule has 25 heavy (non-hydrogen) atoms. The predicted octanol–water partition coefficient (Wildman–Crippen LogP) is 5.50. The third-order valence-corrected chi connectivity index (χ3v) is 4.68. The van der Waals surface area contributed by atoms with Crippen LogP contribution < -0.4 is 4.74 Å². The summed E-state index contributed by atoms with van der Waals surface area (Å²) < 4.78 is 6.12. The Labute approximate surface area is 163 Å². The minimum Gasteiger partial charge on any atom is -0.479 e. The zero-order valence-corrected chi connectivity index (χ0v) is 16.1. The lowest BCUT2D eigenvalue weighted by atomic mass is 10.1. The number of carbonyl (C=O) groups is 2. The first kappa shape index (κ1) is 19.5. The van der Waals surface area contributed by atoms with Gasteiger partial charge >= 0.3 is 5.97 Å². The van der Waals surface area contributed by atoms with Crippen LogP contribution in [0.3, 0.4) is 0 Å². The van der Waals surface area contributed by atoms with Crippen molar-refractivity contribution in [2.75, 3.05) is 0 Å². The van der Waals surface area contributed by atoms with E-state index < -0.39 is 12.1 Å². The highest BCUT2D eigenvalue weighted by atomic mass is 79.9. The number of carbonyl (C=O) groups excluding carboxylic acids is 1. The van der Waals surface area contributed by atoms with Crippen LogP contribution in [0.5, 0.6) is 5.75 Å². The molecule has 1 N–H and O–H groups in total. The molecule has 1 atom stereocenters. The molecule has 0 fully saturated rings. The zero-order valence-electron chi connectivity index (χ0n) is 13.0. The molecule has 0 aliphatic heterocycles. The number of rotatable bonds is 6. The zero-order chi connectivity index (χ0) is 18.6. The minimum atomic E-state index is -1.11. The van der Waals surface area contributed by atoms with Gasteiger partial charge in [0.25, 0.3) is 0 Å². The Balaban J connectivity index is 2.20. The van der Waals surface area contributed by atoms with Crippen LogP contribution >= 0.6 is 39.1 Å². The van der Waals surface area contributed by atoms with Gasteiger partial charge < -0.3 is 9.84 Å². The van der Waals surface area contributed by atoms with Crippen molar-refractivity contribution < 1.29 is 19.4 Å². The van der Waals surface area contributed by atoms with Crippen LogP contribution in [0.4, 0.5) is 0 Å². The normalized spacial score (nSPS) is 12.2. The molecule has 1 unspecified atom stereocenters.